The van der Waals surface area contributed by atoms with E-state index in [2.05, 4.69) is 16.7 Å². The first-order chi connectivity index (χ1) is 9.76. The summed E-state index contributed by atoms with van der Waals surface area (Å²) in [6.45, 7) is 3.12. The second-order valence-electron chi connectivity index (χ2n) is 4.45. The van der Waals surface area contributed by atoms with Crippen molar-refractivity contribution in [2.45, 2.75) is 13.3 Å². The molecular weight excluding hydrogens is 250 g/mol. The lowest BCUT2D eigenvalue weighted by atomic mass is 10.0. The summed E-state index contributed by atoms with van der Waals surface area (Å²) in [5.41, 5.74) is 1.61. The van der Waals surface area contributed by atoms with E-state index in [0.29, 0.717) is 25.1 Å². The summed E-state index contributed by atoms with van der Waals surface area (Å²) in [6, 6.07) is 13.7. The minimum absolute atomic E-state index is 0.0398. The van der Waals surface area contributed by atoms with Crippen LogP contribution in [0.25, 0.3) is 10.8 Å². The van der Waals surface area contributed by atoms with Crippen LogP contribution < -0.4 is 10.6 Å². The van der Waals surface area contributed by atoms with Gasteiger partial charge in [0.2, 0.25) is 5.91 Å². The Bertz CT molecular complexity index is 658. The van der Waals surface area contributed by atoms with Crippen molar-refractivity contribution in [3.8, 4) is 6.07 Å². The number of hydrogen-bond acceptors (Lipinski definition) is 3. The highest BCUT2D eigenvalue weighted by atomic mass is 16.1. The molecule has 0 heterocycles. The van der Waals surface area contributed by atoms with Crippen molar-refractivity contribution in [2.24, 2.45) is 0 Å². The zero-order valence-corrected chi connectivity index (χ0v) is 11.4. The second kappa shape index (κ2) is 6.58. The maximum absolute atomic E-state index is 11.4. The molecule has 2 N–H and O–H groups in total. The fourth-order valence-electron chi connectivity index (χ4n) is 2.15. The molecule has 0 unspecified atom stereocenters. The Morgan fingerprint density at radius 2 is 1.95 bits per heavy atom. The fourth-order valence-corrected chi connectivity index (χ4v) is 2.15. The van der Waals surface area contributed by atoms with Crippen LogP contribution in [0.5, 0.6) is 0 Å². The number of fused-ring (bicyclic) bond motifs is 1. The third-order valence-electron chi connectivity index (χ3n) is 3.09. The van der Waals surface area contributed by atoms with Gasteiger partial charge in [-0.25, -0.2) is 0 Å². The van der Waals surface area contributed by atoms with Crippen LogP contribution in [-0.2, 0) is 4.79 Å². The van der Waals surface area contributed by atoms with Crippen LogP contribution in [0, 0.1) is 11.3 Å². The fraction of sp³-hybridized carbons (Fsp3) is 0.250. The molecule has 102 valence electrons. The minimum atomic E-state index is 0.0398. The first-order valence-electron chi connectivity index (χ1n) is 6.68. The summed E-state index contributed by atoms with van der Waals surface area (Å²) in [5.74, 6) is 0.0398. The molecule has 0 aliphatic rings. The van der Waals surface area contributed by atoms with Gasteiger partial charge in [-0.2, -0.15) is 5.26 Å². The summed E-state index contributed by atoms with van der Waals surface area (Å²) in [7, 11) is 0. The Morgan fingerprint density at radius 3 is 2.65 bits per heavy atom. The van der Waals surface area contributed by atoms with Crippen molar-refractivity contribution in [2.75, 3.05) is 18.4 Å². The summed E-state index contributed by atoms with van der Waals surface area (Å²) < 4.78 is 0. The van der Waals surface area contributed by atoms with Crippen molar-refractivity contribution in [3.63, 3.8) is 0 Å². The van der Waals surface area contributed by atoms with Crippen LogP contribution in [0.3, 0.4) is 0 Å². The SMILES string of the molecule is CCNC(=O)CCNc1ccc(C#N)c2ccccc12. The average Bonchev–Trinajstić information content (AvgIpc) is 2.47. The highest BCUT2D eigenvalue weighted by Gasteiger charge is 2.05. The van der Waals surface area contributed by atoms with E-state index < -0.39 is 0 Å². The van der Waals surface area contributed by atoms with E-state index in [1.807, 2.05) is 37.3 Å². The quantitative estimate of drug-likeness (QED) is 0.875. The van der Waals surface area contributed by atoms with Crippen LogP contribution in [0.1, 0.15) is 18.9 Å². The van der Waals surface area contributed by atoms with Crippen molar-refractivity contribution >= 4 is 22.4 Å². The van der Waals surface area contributed by atoms with E-state index in [9.17, 15) is 4.79 Å². The minimum Gasteiger partial charge on any atom is -0.384 e. The molecule has 2 aromatic rings. The van der Waals surface area contributed by atoms with Gasteiger partial charge < -0.3 is 10.6 Å². The first-order valence-corrected chi connectivity index (χ1v) is 6.68. The van der Waals surface area contributed by atoms with Crippen molar-refractivity contribution in [1.82, 2.24) is 5.32 Å². The van der Waals surface area contributed by atoms with Gasteiger partial charge in [-0.15, -0.1) is 0 Å². The number of benzene rings is 2. The summed E-state index contributed by atoms with van der Waals surface area (Å²) in [5, 5.41) is 17.1. The van der Waals surface area contributed by atoms with Crippen LogP contribution in [0.15, 0.2) is 36.4 Å². The smallest absolute Gasteiger partial charge is 0.221 e. The van der Waals surface area contributed by atoms with E-state index in [1.165, 1.54) is 0 Å². The Morgan fingerprint density at radius 1 is 1.20 bits per heavy atom. The summed E-state index contributed by atoms with van der Waals surface area (Å²) >= 11 is 0. The van der Waals surface area contributed by atoms with E-state index in [1.54, 1.807) is 6.07 Å². The molecule has 20 heavy (non-hydrogen) atoms. The lowest BCUT2D eigenvalue weighted by molar-refractivity contribution is -0.120. The highest BCUT2D eigenvalue weighted by Crippen LogP contribution is 2.26. The molecule has 0 saturated heterocycles. The maximum atomic E-state index is 11.4. The number of hydrogen-bond donors (Lipinski definition) is 2. The Labute approximate surface area is 118 Å². The molecule has 2 aromatic carbocycles. The standard InChI is InChI=1S/C16H17N3O/c1-2-18-16(20)9-10-19-15-8-7-12(11-17)13-5-3-4-6-14(13)15/h3-8,19H,2,9-10H2,1H3,(H,18,20). The number of nitrogens with zero attached hydrogens (tertiary/aromatic N) is 1. The number of carbonyl (C=O) groups is 1. The van der Waals surface area contributed by atoms with Crippen molar-refractivity contribution in [1.29, 1.82) is 5.26 Å². The molecule has 4 heteroatoms. The van der Waals surface area contributed by atoms with Crippen LogP contribution >= 0.6 is 0 Å². The third kappa shape index (κ3) is 3.07. The third-order valence-corrected chi connectivity index (χ3v) is 3.09. The number of nitrogens with one attached hydrogen (secondary N) is 2. The average molecular weight is 267 g/mol. The second-order valence-corrected chi connectivity index (χ2v) is 4.45. The topological polar surface area (TPSA) is 64.9 Å². The van der Waals surface area contributed by atoms with Gasteiger partial charge in [-0.1, -0.05) is 24.3 Å². The Hall–Kier alpha value is -2.54. The molecule has 0 aliphatic heterocycles. The molecule has 4 nitrogen and oxygen atoms in total. The normalized spacial score (nSPS) is 10.0. The van der Waals surface area contributed by atoms with Gasteiger partial charge in [-0.05, 0) is 19.1 Å². The van der Waals surface area contributed by atoms with Gasteiger partial charge in [0, 0.05) is 36.0 Å². The summed E-state index contributed by atoms with van der Waals surface area (Å²) in [6.07, 6.45) is 0.433. The molecular formula is C16H17N3O. The molecule has 0 spiro atoms. The monoisotopic (exact) mass is 267 g/mol. The predicted molar refractivity (Wildman–Crippen MR) is 80.5 cm³/mol. The van der Waals surface area contributed by atoms with Gasteiger partial charge in [0.05, 0.1) is 11.6 Å². The molecule has 1 amide bonds. The number of rotatable bonds is 5. The molecule has 0 bridgehead atoms. The van der Waals surface area contributed by atoms with E-state index in [4.69, 9.17) is 5.26 Å². The van der Waals surface area contributed by atoms with Crippen LogP contribution in [0.2, 0.25) is 0 Å². The molecule has 0 aliphatic carbocycles. The zero-order chi connectivity index (χ0) is 14.4. The molecule has 0 saturated carbocycles. The molecule has 0 fully saturated rings. The van der Waals surface area contributed by atoms with Gasteiger partial charge in [0.25, 0.3) is 0 Å². The van der Waals surface area contributed by atoms with Crippen LogP contribution in [-0.4, -0.2) is 19.0 Å². The molecule has 0 atom stereocenters. The van der Waals surface area contributed by atoms with E-state index >= 15 is 0 Å². The molecule has 2 rings (SSSR count). The Kier molecular flexibility index (Phi) is 4.56. The molecule has 0 radical (unpaired) electrons. The van der Waals surface area contributed by atoms with Gasteiger partial charge >= 0.3 is 0 Å². The van der Waals surface area contributed by atoms with Crippen molar-refractivity contribution < 1.29 is 4.79 Å². The number of anilines is 1. The lowest BCUT2D eigenvalue weighted by Gasteiger charge is -2.10. The van der Waals surface area contributed by atoms with Gasteiger partial charge in [0.15, 0.2) is 0 Å². The van der Waals surface area contributed by atoms with E-state index in [0.717, 1.165) is 16.5 Å². The van der Waals surface area contributed by atoms with Gasteiger partial charge in [0.1, 0.15) is 0 Å². The molecule has 0 aromatic heterocycles. The van der Waals surface area contributed by atoms with Crippen molar-refractivity contribution in [3.05, 3.63) is 42.0 Å². The Balaban J connectivity index is 2.15. The highest BCUT2D eigenvalue weighted by molar-refractivity contribution is 5.97. The maximum Gasteiger partial charge on any atom is 0.221 e. The number of amides is 1. The summed E-state index contributed by atoms with van der Waals surface area (Å²) in [4.78, 5) is 11.4. The number of carbonyl (C=O) groups excluding carboxylic acids is 1. The van der Waals surface area contributed by atoms with E-state index in [-0.39, 0.29) is 5.91 Å². The largest absolute Gasteiger partial charge is 0.384 e. The zero-order valence-electron chi connectivity index (χ0n) is 11.4. The lowest BCUT2D eigenvalue weighted by Crippen LogP contribution is -2.24. The van der Waals surface area contributed by atoms with Crippen LogP contribution in [0.4, 0.5) is 5.69 Å². The predicted octanol–water partition coefficient (Wildman–Crippen LogP) is 2.65. The van der Waals surface area contributed by atoms with Gasteiger partial charge in [-0.3, -0.25) is 4.79 Å². The number of nitriles is 1. The first kappa shape index (κ1) is 13.9.